The molecule has 0 bridgehead atoms. The Bertz CT molecular complexity index is 372. The van der Waals surface area contributed by atoms with Crippen LogP contribution in [0.15, 0.2) is 24.3 Å². The SMILES string of the molecule is CC(C)(O)CNC(=O)Cc1cccc(F)c1. The average Bonchev–Trinajstić information content (AvgIpc) is 2.14. The molecule has 0 aromatic heterocycles. The number of rotatable bonds is 4. The molecular weight excluding hydrogens is 209 g/mol. The van der Waals surface area contributed by atoms with Crippen LogP contribution in [0, 0.1) is 5.82 Å². The molecule has 0 unspecified atom stereocenters. The van der Waals surface area contributed by atoms with Crippen LogP contribution in [0.3, 0.4) is 0 Å². The lowest BCUT2D eigenvalue weighted by molar-refractivity contribution is -0.121. The molecule has 0 aliphatic heterocycles. The number of aliphatic hydroxyl groups is 1. The second-order valence-electron chi connectivity index (χ2n) is 4.40. The third kappa shape index (κ3) is 4.89. The van der Waals surface area contributed by atoms with Gasteiger partial charge in [0.25, 0.3) is 0 Å². The number of benzene rings is 1. The van der Waals surface area contributed by atoms with Gasteiger partial charge in [-0.25, -0.2) is 4.39 Å². The Balaban J connectivity index is 2.46. The minimum atomic E-state index is -0.933. The lowest BCUT2D eigenvalue weighted by Crippen LogP contribution is -2.38. The van der Waals surface area contributed by atoms with Crippen LogP contribution < -0.4 is 5.32 Å². The average molecular weight is 225 g/mol. The van der Waals surface area contributed by atoms with Crippen LogP contribution in [0.2, 0.25) is 0 Å². The first-order valence-corrected chi connectivity index (χ1v) is 5.10. The van der Waals surface area contributed by atoms with E-state index in [1.807, 2.05) is 0 Å². The molecule has 1 aromatic rings. The third-order valence-electron chi connectivity index (χ3n) is 1.97. The van der Waals surface area contributed by atoms with Crippen molar-refractivity contribution in [3.05, 3.63) is 35.6 Å². The summed E-state index contributed by atoms with van der Waals surface area (Å²) in [6, 6.07) is 5.91. The maximum atomic E-state index is 12.8. The topological polar surface area (TPSA) is 49.3 Å². The molecule has 1 aromatic carbocycles. The number of carbonyl (C=O) groups is 1. The highest BCUT2D eigenvalue weighted by molar-refractivity contribution is 5.78. The number of carbonyl (C=O) groups excluding carboxylic acids is 1. The second-order valence-corrected chi connectivity index (χ2v) is 4.40. The van der Waals surface area contributed by atoms with Crippen LogP contribution in [0.5, 0.6) is 0 Å². The van der Waals surface area contributed by atoms with E-state index in [1.54, 1.807) is 26.0 Å². The Hall–Kier alpha value is -1.42. The van der Waals surface area contributed by atoms with Gasteiger partial charge >= 0.3 is 0 Å². The number of amides is 1. The zero-order chi connectivity index (χ0) is 12.2. The van der Waals surface area contributed by atoms with Crippen molar-refractivity contribution in [3.8, 4) is 0 Å². The molecule has 3 nitrogen and oxygen atoms in total. The molecule has 16 heavy (non-hydrogen) atoms. The van der Waals surface area contributed by atoms with Crippen LogP contribution in [-0.4, -0.2) is 23.2 Å². The van der Waals surface area contributed by atoms with Crippen molar-refractivity contribution in [1.82, 2.24) is 5.32 Å². The van der Waals surface area contributed by atoms with Crippen LogP contribution in [0.1, 0.15) is 19.4 Å². The minimum Gasteiger partial charge on any atom is -0.389 e. The van der Waals surface area contributed by atoms with Crippen LogP contribution in [0.25, 0.3) is 0 Å². The summed E-state index contributed by atoms with van der Waals surface area (Å²) < 4.78 is 12.8. The van der Waals surface area contributed by atoms with E-state index in [4.69, 9.17) is 0 Å². The molecule has 2 N–H and O–H groups in total. The van der Waals surface area contributed by atoms with Gasteiger partial charge in [-0.05, 0) is 31.5 Å². The van der Waals surface area contributed by atoms with Crippen molar-refractivity contribution in [2.45, 2.75) is 25.9 Å². The minimum absolute atomic E-state index is 0.119. The van der Waals surface area contributed by atoms with E-state index in [1.165, 1.54) is 12.1 Å². The standard InChI is InChI=1S/C12H16FNO2/c1-12(2,16)8-14-11(15)7-9-4-3-5-10(13)6-9/h3-6,16H,7-8H2,1-2H3,(H,14,15). The summed E-state index contributed by atoms with van der Waals surface area (Å²) in [5, 5.41) is 12.0. The molecule has 88 valence electrons. The summed E-state index contributed by atoms with van der Waals surface area (Å²) in [4.78, 5) is 11.4. The molecule has 0 radical (unpaired) electrons. The lowest BCUT2D eigenvalue weighted by Gasteiger charge is -2.17. The molecule has 0 saturated carbocycles. The zero-order valence-corrected chi connectivity index (χ0v) is 9.46. The largest absolute Gasteiger partial charge is 0.389 e. The van der Waals surface area contributed by atoms with Crippen molar-refractivity contribution >= 4 is 5.91 Å². The molecule has 4 heteroatoms. The van der Waals surface area contributed by atoms with Crippen LogP contribution in [-0.2, 0) is 11.2 Å². The molecule has 0 heterocycles. The molecule has 0 aliphatic rings. The molecule has 1 amide bonds. The van der Waals surface area contributed by atoms with Crippen LogP contribution in [0.4, 0.5) is 4.39 Å². The predicted molar refractivity (Wildman–Crippen MR) is 59.4 cm³/mol. The van der Waals surface area contributed by atoms with E-state index in [-0.39, 0.29) is 24.7 Å². The van der Waals surface area contributed by atoms with E-state index in [0.29, 0.717) is 5.56 Å². The monoisotopic (exact) mass is 225 g/mol. The molecule has 0 atom stereocenters. The summed E-state index contributed by atoms with van der Waals surface area (Å²) in [7, 11) is 0. The van der Waals surface area contributed by atoms with Gasteiger partial charge in [0.05, 0.1) is 12.0 Å². The lowest BCUT2D eigenvalue weighted by atomic mass is 10.1. The number of hydrogen-bond donors (Lipinski definition) is 2. The van der Waals surface area contributed by atoms with E-state index in [9.17, 15) is 14.3 Å². The van der Waals surface area contributed by atoms with Crippen molar-refractivity contribution in [2.24, 2.45) is 0 Å². The van der Waals surface area contributed by atoms with Gasteiger partial charge in [-0.2, -0.15) is 0 Å². The van der Waals surface area contributed by atoms with E-state index in [2.05, 4.69) is 5.32 Å². The Morgan fingerprint density at radius 3 is 2.75 bits per heavy atom. The van der Waals surface area contributed by atoms with Gasteiger partial charge in [0.15, 0.2) is 0 Å². The summed E-state index contributed by atoms with van der Waals surface area (Å²) in [5.41, 5.74) is -0.314. The van der Waals surface area contributed by atoms with Gasteiger partial charge in [-0.3, -0.25) is 4.79 Å². The fourth-order valence-electron chi connectivity index (χ4n) is 1.21. The first-order valence-electron chi connectivity index (χ1n) is 5.10. The van der Waals surface area contributed by atoms with E-state index in [0.717, 1.165) is 0 Å². The van der Waals surface area contributed by atoms with Crippen molar-refractivity contribution < 1.29 is 14.3 Å². The Labute approximate surface area is 94.3 Å². The van der Waals surface area contributed by atoms with Gasteiger partial charge in [0.1, 0.15) is 5.82 Å². The summed E-state index contributed by atoms with van der Waals surface area (Å²) >= 11 is 0. The maximum Gasteiger partial charge on any atom is 0.224 e. The highest BCUT2D eigenvalue weighted by atomic mass is 19.1. The van der Waals surface area contributed by atoms with Crippen LogP contribution >= 0.6 is 0 Å². The highest BCUT2D eigenvalue weighted by Crippen LogP contribution is 2.04. The fourth-order valence-corrected chi connectivity index (χ4v) is 1.21. The number of halogens is 1. The molecule has 0 fully saturated rings. The van der Waals surface area contributed by atoms with Gasteiger partial charge in [-0.15, -0.1) is 0 Å². The molecule has 0 spiro atoms. The van der Waals surface area contributed by atoms with Crippen molar-refractivity contribution in [1.29, 1.82) is 0 Å². The molecule has 1 rings (SSSR count). The maximum absolute atomic E-state index is 12.8. The predicted octanol–water partition coefficient (Wildman–Crippen LogP) is 1.26. The Kier molecular flexibility index (Phi) is 4.01. The van der Waals surface area contributed by atoms with Gasteiger partial charge < -0.3 is 10.4 Å². The highest BCUT2D eigenvalue weighted by Gasteiger charge is 2.13. The zero-order valence-electron chi connectivity index (χ0n) is 9.46. The van der Waals surface area contributed by atoms with Gasteiger partial charge in [-0.1, -0.05) is 12.1 Å². The molecule has 0 aliphatic carbocycles. The fraction of sp³-hybridized carbons (Fsp3) is 0.417. The Morgan fingerprint density at radius 2 is 2.19 bits per heavy atom. The quantitative estimate of drug-likeness (QED) is 0.810. The number of nitrogens with one attached hydrogen (secondary N) is 1. The molecular formula is C12H16FNO2. The number of hydrogen-bond acceptors (Lipinski definition) is 2. The first-order chi connectivity index (χ1) is 7.37. The summed E-state index contributed by atoms with van der Waals surface area (Å²) in [6.45, 7) is 3.39. The van der Waals surface area contributed by atoms with Crippen molar-refractivity contribution in [2.75, 3.05) is 6.54 Å². The summed E-state index contributed by atoms with van der Waals surface area (Å²) in [6.07, 6.45) is 0.119. The summed E-state index contributed by atoms with van der Waals surface area (Å²) in [5.74, 6) is -0.583. The Morgan fingerprint density at radius 1 is 1.50 bits per heavy atom. The van der Waals surface area contributed by atoms with E-state index < -0.39 is 5.60 Å². The molecule has 0 saturated heterocycles. The van der Waals surface area contributed by atoms with Gasteiger partial charge in [0.2, 0.25) is 5.91 Å². The first kappa shape index (κ1) is 12.6. The van der Waals surface area contributed by atoms with E-state index >= 15 is 0 Å². The normalized spacial score (nSPS) is 11.2. The third-order valence-corrected chi connectivity index (χ3v) is 1.97. The van der Waals surface area contributed by atoms with Crippen molar-refractivity contribution in [3.63, 3.8) is 0 Å². The second kappa shape index (κ2) is 5.07. The van der Waals surface area contributed by atoms with Gasteiger partial charge in [0, 0.05) is 6.54 Å². The smallest absolute Gasteiger partial charge is 0.224 e.